The lowest BCUT2D eigenvalue weighted by Gasteiger charge is -2.21. The number of amides is 2. The average Bonchev–Trinajstić information content (AvgIpc) is 2.63. The molecule has 0 saturated heterocycles. The molecule has 0 unspecified atom stereocenters. The van der Waals surface area contributed by atoms with Crippen molar-refractivity contribution in [1.29, 1.82) is 0 Å². The van der Waals surface area contributed by atoms with Gasteiger partial charge in [0.05, 0.1) is 18.2 Å². The second-order valence-electron chi connectivity index (χ2n) is 5.45. The number of hydrogen-bond acceptors (Lipinski definition) is 6. The largest absolute Gasteiger partial charge is 0.505 e. The number of carbonyl (C=O) groups is 2. The normalized spacial score (nSPS) is 10.5. The lowest BCUT2D eigenvalue weighted by Crippen LogP contribution is -2.29. The standard InChI is InChI=1S/C16H15ClFN3O6/c17-11-3-8(1-2-12(11)18)5-21(16(25)26)6-9-4-19-13(15(24)20-27)14(23)10(9)7-22/h1-4,22-23,27H,5-7H2,(H,20,24)(H,25,26). The van der Waals surface area contributed by atoms with Crippen LogP contribution in [0.3, 0.4) is 0 Å². The molecule has 5 N–H and O–H groups in total. The summed E-state index contributed by atoms with van der Waals surface area (Å²) in [6, 6.07) is 3.76. The molecule has 0 spiro atoms. The minimum atomic E-state index is -1.32. The molecule has 0 atom stereocenters. The van der Waals surface area contributed by atoms with Crippen molar-refractivity contribution in [3.63, 3.8) is 0 Å². The van der Waals surface area contributed by atoms with E-state index in [9.17, 15) is 29.3 Å². The SMILES string of the molecule is O=C(NO)c1ncc(CN(Cc2ccc(F)c(Cl)c2)C(=O)O)c(CO)c1O. The van der Waals surface area contributed by atoms with E-state index in [1.165, 1.54) is 17.6 Å². The van der Waals surface area contributed by atoms with Crippen LogP contribution >= 0.6 is 11.6 Å². The van der Waals surface area contributed by atoms with E-state index in [0.717, 1.165) is 17.2 Å². The predicted octanol–water partition coefficient (Wildman–Crippen LogP) is 1.87. The molecule has 0 aliphatic heterocycles. The van der Waals surface area contributed by atoms with E-state index in [-0.39, 0.29) is 29.2 Å². The smallest absolute Gasteiger partial charge is 0.407 e. The number of hydrogen-bond donors (Lipinski definition) is 5. The van der Waals surface area contributed by atoms with Crippen molar-refractivity contribution in [2.45, 2.75) is 19.7 Å². The number of aromatic hydroxyl groups is 1. The van der Waals surface area contributed by atoms with Crippen LogP contribution in [0.2, 0.25) is 5.02 Å². The first-order valence-corrected chi connectivity index (χ1v) is 7.83. The third kappa shape index (κ3) is 4.61. The Kier molecular flexibility index (Phi) is 6.50. The highest BCUT2D eigenvalue weighted by Crippen LogP contribution is 2.26. The number of hydroxylamine groups is 1. The van der Waals surface area contributed by atoms with Gasteiger partial charge in [-0.05, 0) is 23.3 Å². The summed E-state index contributed by atoms with van der Waals surface area (Å²) in [4.78, 5) is 27.6. The van der Waals surface area contributed by atoms with Crippen molar-refractivity contribution < 1.29 is 34.5 Å². The van der Waals surface area contributed by atoms with Gasteiger partial charge in [-0.2, -0.15) is 0 Å². The van der Waals surface area contributed by atoms with Crippen LogP contribution in [0, 0.1) is 5.82 Å². The maximum absolute atomic E-state index is 13.2. The van der Waals surface area contributed by atoms with Gasteiger partial charge < -0.3 is 15.3 Å². The predicted molar refractivity (Wildman–Crippen MR) is 89.8 cm³/mol. The monoisotopic (exact) mass is 399 g/mol. The number of aliphatic hydroxyl groups is 1. The van der Waals surface area contributed by atoms with Crippen molar-refractivity contribution in [1.82, 2.24) is 15.4 Å². The molecule has 0 saturated carbocycles. The first-order valence-electron chi connectivity index (χ1n) is 7.45. The van der Waals surface area contributed by atoms with Crippen molar-refractivity contribution in [3.8, 4) is 5.75 Å². The van der Waals surface area contributed by atoms with Crippen molar-refractivity contribution in [3.05, 3.63) is 57.6 Å². The van der Waals surface area contributed by atoms with Gasteiger partial charge in [-0.3, -0.25) is 14.9 Å². The summed E-state index contributed by atoms with van der Waals surface area (Å²) in [5.41, 5.74) is 1.21. The number of nitrogens with zero attached hydrogens (tertiary/aromatic N) is 2. The van der Waals surface area contributed by atoms with E-state index in [0.29, 0.717) is 5.56 Å². The van der Waals surface area contributed by atoms with Crippen LogP contribution < -0.4 is 5.48 Å². The molecule has 2 amide bonds. The van der Waals surface area contributed by atoms with Gasteiger partial charge in [0.15, 0.2) is 11.4 Å². The number of carbonyl (C=O) groups excluding carboxylic acids is 1. The highest BCUT2D eigenvalue weighted by atomic mass is 35.5. The molecule has 2 aromatic rings. The number of pyridine rings is 1. The fourth-order valence-electron chi connectivity index (χ4n) is 2.36. The summed E-state index contributed by atoms with van der Waals surface area (Å²) in [6.07, 6.45) is -0.223. The Morgan fingerprint density at radius 3 is 2.56 bits per heavy atom. The minimum absolute atomic E-state index is 0.119. The van der Waals surface area contributed by atoms with Gasteiger partial charge in [0.1, 0.15) is 5.82 Å². The van der Waals surface area contributed by atoms with Gasteiger partial charge in [0.2, 0.25) is 0 Å². The van der Waals surface area contributed by atoms with Gasteiger partial charge in [0.25, 0.3) is 5.91 Å². The highest BCUT2D eigenvalue weighted by Gasteiger charge is 2.22. The van der Waals surface area contributed by atoms with Crippen LogP contribution in [-0.2, 0) is 19.7 Å². The third-order valence-corrected chi connectivity index (χ3v) is 4.00. The highest BCUT2D eigenvalue weighted by molar-refractivity contribution is 6.30. The van der Waals surface area contributed by atoms with Crippen LogP contribution in [0.25, 0.3) is 0 Å². The number of benzene rings is 1. The number of rotatable bonds is 6. The molecule has 9 nitrogen and oxygen atoms in total. The molecule has 27 heavy (non-hydrogen) atoms. The molecule has 144 valence electrons. The maximum atomic E-state index is 13.2. The van der Waals surface area contributed by atoms with E-state index in [1.807, 2.05) is 0 Å². The number of aliphatic hydroxyl groups excluding tert-OH is 1. The Hall–Kier alpha value is -2.95. The fourth-order valence-corrected chi connectivity index (χ4v) is 2.57. The van der Waals surface area contributed by atoms with Crippen molar-refractivity contribution in [2.75, 3.05) is 0 Å². The van der Waals surface area contributed by atoms with Gasteiger partial charge in [-0.1, -0.05) is 17.7 Å². The summed E-state index contributed by atoms with van der Waals surface area (Å²) >= 11 is 5.69. The van der Waals surface area contributed by atoms with Crippen LogP contribution in [0.1, 0.15) is 27.2 Å². The molecule has 1 aromatic heterocycles. The number of nitrogens with one attached hydrogen (secondary N) is 1. The number of carboxylic acid groups (broad SMARTS) is 1. The molecule has 2 rings (SSSR count). The summed E-state index contributed by atoms with van der Waals surface area (Å²) in [5, 5.41) is 37.4. The number of halogens is 2. The van der Waals surface area contributed by atoms with E-state index in [2.05, 4.69) is 4.98 Å². The maximum Gasteiger partial charge on any atom is 0.407 e. The first-order chi connectivity index (χ1) is 12.8. The third-order valence-electron chi connectivity index (χ3n) is 3.71. The van der Waals surface area contributed by atoms with E-state index < -0.39 is 35.9 Å². The van der Waals surface area contributed by atoms with E-state index >= 15 is 0 Å². The summed E-state index contributed by atoms with van der Waals surface area (Å²) < 4.78 is 13.2. The molecule has 11 heteroatoms. The molecular formula is C16H15ClFN3O6. The van der Waals surface area contributed by atoms with Crippen LogP contribution in [-0.4, -0.2) is 42.4 Å². The molecule has 0 fully saturated rings. The van der Waals surface area contributed by atoms with Gasteiger partial charge in [-0.15, -0.1) is 0 Å². The molecule has 0 radical (unpaired) electrons. The second-order valence-corrected chi connectivity index (χ2v) is 5.85. The summed E-state index contributed by atoms with van der Waals surface area (Å²) in [7, 11) is 0. The van der Waals surface area contributed by atoms with Crippen LogP contribution in [0.15, 0.2) is 24.4 Å². The Morgan fingerprint density at radius 2 is 2.00 bits per heavy atom. The number of aromatic nitrogens is 1. The fraction of sp³-hybridized carbons (Fsp3) is 0.188. The summed E-state index contributed by atoms with van der Waals surface area (Å²) in [6.45, 7) is -1.15. The van der Waals surface area contributed by atoms with E-state index in [4.69, 9.17) is 16.8 Å². The van der Waals surface area contributed by atoms with Gasteiger partial charge in [-0.25, -0.2) is 19.6 Å². The molecule has 1 aromatic carbocycles. The zero-order valence-corrected chi connectivity index (χ0v) is 14.4. The minimum Gasteiger partial charge on any atom is -0.505 e. The van der Waals surface area contributed by atoms with Gasteiger partial charge in [0, 0.05) is 18.3 Å². The van der Waals surface area contributed by atoms with Crippen LogP contribution in [0.5, 0.6) is 5.75 Å². The average molecular weight is 400 g/mol. The van der Waals surface area contributed by atoms with Crippen LogP contribution in [0.4, 0.5) is 9.18 Å². The Morgan fingerprint density at radius 1 is 1.30 bits per heavy atom. The molecule has 0 aliphatic rings. The second kappa shape index (κ2) is 8.62. The first kappa shape index (κ1) is 20.4. The summed E-state index contributed by atoms with van der Waals surface area (Å²) in [5.74, 6) is -2.42. The molecule has 0 aliphatic carbocycles. The Balaban J connectivity index is 2.33. The quantitative estimate of drug-likeness (QED) is 0.368. The van der Waals surface area contributed by atoms with Crippen molar-refractivity contribution >= 4 is 23.6 Å². The Bertz CT molecular complexity index is 879. The van der Waals surface area contributed by atoms with Gasteiger partial charge >= 0.3 is 6.09 Å². The zero-order chi connectivity index (χ0) is 20.1. The molecular weight excluding hydrogens is 385 g/mol. The zero-order valence-electron chi connectivity index (χ0n) is 13.7. The Labute approximate surface area is 157 Å². The van der Waals surface area contributed by atoms with E-state index in [1.54, 1.807) is 0 Å². The molecule has 1 heterocycles. The lowest BCUT2D eigenvalue weighted by molar-refractivity contribution is 0.0696. The van der Waals surface area contributed by atoms with Crippen molar-refractivity contribution in [2.24, 2.45) is 0 Å². The topological polar surface area (TPSA) is 143 Å². The lowest BCUT2D eigenvalue weighted by atomic mass is 10.1. The molecule has 0 bridgehead atoms.